The second kappa shape index (κ2) is 12.0. The van der Waals surface area contributed by atoms with Crippen molar-refractivity contribution in [1.82, 2.24) is 14.8 Å². The van der Waals surface area contributed by atoms with Gasteiger partial charge in [-0.1, -0.05) is 17.8 Å². The number of thiophene rings is 1. The summed E-state index contributed by atoms with van der Waals surface area (Å²) in [6.45, 7) is 8.04. The first-order chi connectivity index (χ1) is 17.8. The monoisotopic (exact) mass is 539 g/mol. The number of allylic oxidation sites excluding steroid dienone is 1. The van der Waals surface area contributed by atoms with Gasteiger partial charge >= 0.3 is 5.97 Å². The van der Waals surface area contributed by atoms with Gasteiger partial charge in [0.2, 0.25) is 5.91 Å². The fourth-order valence-electron chi connectivity index (χ4n) is 4.25. The van der Waals surface area contributed by atoms with Crippen molar-refractivity contribution in [1.29, 1.82) is 0 Å². The number of thioether (sulfide) groups is 1. The molecule has 1 aliphatic carbocycles. The molecule has 0 radical (unpaired) electrons. The quantitative estimate of drug-likeness (QED) is 0.209. The first-order valence-corrected chi connectivity index (χ1v) is 14.2. The van der Waals surface area contributed by atoms with Crippen LogP contribution in [0.3, 0.4) is 0 Å². The molecule has 196 valence electrons. The van der Waals surface area contributed by atoms with Gasteiger partial charge in [0.05, 0.1) is 17.4 Å². The van der Waals surface area contributed by atoms with Gasteiger partial charge in [-0.2, -0.15) is 0 Å². The summed E-state index contributed by atoms with van der Waals surface area (Å²) in [5.74, 6) is 0.286. The Morgan fingerprint density at radius 3 is 2.62 bits per heavy atom. The third kappa shape index (κ3) is 6.24. The van der Waals surface area contributed by atoms with E-state index in [1.54, 1.807) is 6.08 Å². The molecule has 10 heteroatoms. The lowest BCUT2D eigenvalue weighted by Gasteiger charge is -2.14. The molecule has 0 aliphatic heterocycles. The summed E-state index contributed by atoms with van der Waals surface area (Å²) in [4.78, 5) is 29.1. The fourth-order valence-corrected chi connectivity index (χ4v) is 6.29. The molecular weight excluding hydrogens is 506 g/mol. The van der Waals surface area contributed by atoms with E-state index >= 15 is 0 Å². The molecule has 3 aromatic rings. The van der Waals surface area contributed by atoms with Crippen molar-refractivity contribution in [2.45, 2.75) is 57.3 Å². The molecule has 8 nitrogen and oxygen atoms in total. The highest BCUT2D eigenvalue weighted by atomic mass is 32.2. The molecule has 0 atom stereocenters. The molecule has 0 saturated carbocycles. The highest BCUT2D eigenvalue weighted by molar-refractivity contribution is 7.99. The van der Waals surface area contributed by atoms with Gasteiger partial charge in [-0.15, -0.1) is 28.1 Å². The summed E-state index contributed by atoms with van der Waals surface area (Å²) in [7, 11) is 3.99. The van der Waals surface area contributed by atoms with Gasteiger partial charge in [-0.3, -0.25) is 9.36 Å². The molecule has 4 rings (SSSR count). The molecule has 0 unspecified atom stereocenters. The van der Waals surface area contributed by atoms with Gasteiger partial charge in [0.15, 0.2) is 11.0 Å². The standard InChI is InChI=1S/C27H33N5O3S2/c1-6-15-32-24(18-11-13-19(14-12-18)31(4)5)29-30-27(32)36-16-22(33)28-25-23(26(34)35-17(2)3)20-9-7-8-10-21(20)37-25/h6,11-14,17H,1,7-10,15-16H2,2-5H3,(H,28,33). The van der Waals surface area contributed by atoms with Crippen molar-refractivity contribution in [2.75, 3.05) is 30.1 Å². The van der Waals surface area contributed by atoms with Crippen molar-refractivity contribution >= 4 is 45.7 Å². The number of aromatic nitrogens is 3. The van der Waals surface area contributed by atoms with Crippen molar-refractivity contribution < 1.29 is 14.3 Å². The normalized spacial score (nSPS) is 12.8. The highest BCUT2D eigenvalue weighted by Gasteiger charge is 2.28. The van der Waals surface area contributed by atoms with Crippen LogP contribution in [0.5, 0.6) is 0 Å². The molecule has 0 bridgehead atoms. The van der Waals surface area contributed by atoms with E-state index in [0.29, 0.717) is 22.3 Å². The molecule has 0 spiro atoms. The zero-order valence-electron chi connectivity index (χ0n) is 21.7. The van der Waals surface area contributed by atoms with Crippen molar-refractivity contribution in [3.8, 4) is 11.4 Å². The summed E-state index contributed by atoms with van der Waals surface area (Å²) < 4.78 is 7.45. The Balaban J connectivity index is 1.50. The lowest BCUT2D eigenvalue weighted by atomic mass is 9.95. The van der Waals surface area contributed by atoms with Crippen LogP contribution in [0.4, 0.5) is 10.7 Å². The van der Waals surface area contributed by atoms with Crippen molar-refractivity contribution in [2.24, 2.45) is 0 Å². The molecule has 2 aromatic heterocycles. The zero-order chi connectivity index (χ0) is 26.5. The molecule has 1 aromatic carbocycles. The van der Waals surface area contributed by atoms with Crippen LogP contribution in [0, 0.1) is 0 Å². The molecule has 1 N–H and O–H groups in total. The number of anilines is 2. The number of carbonyl (C=O) groups excluding carboxylic acids is 2. The number of hydrogen-bond donors (Lipinski definition) is 1. The number of fused-ring (bicyclic) bond motifs is 1. The molecule has 37 heavy (non-hydrogen) atoms. The third-order valence-corrected chi connectivity index (χ3v) is 8.15. The number of hydrogen-bond acceptors (Lipinski definition) is 8. The maximum Gasteiger partial charge on any atom is 0.341 e. The average molecular weight is 540 g/mol. The number of aryl methyl sites for hydroxylation is 1. The van der Waals surface area contributed by atoms with E-state index in [2.05, 4.69) is 22.1 Å². The summed E-state index contributed by atoms with van der Waals surface area (Å²) in [5.41, 5.74) is 3.58. The average Bonchev–Trinajstić information content (AvgIpc) is 3.43. The van der Waals surface area contributed by atoms with Crippen LogP contribution in [0.15, 0.2) is 42.1 Å². The number of nitrogens with zero attached hydrogens (tertiary/aromatic N) is 4. The van der Waals surface area contributed by atoms with Crippen LogP contribution in [-0.4, -0.2) is 52.6 Å². The second-order valence-electron chi connectivity index (χ2n) is 9.35. The van der Waals surface area contributed by atoms with Gasteiger partial charge in [-0.05, 0) is 69.4 Å². The van der Waals surface area contributed by atoms with E-state index in [1.165, 1.54) is 28.0 Å². The van der Waals surface area contributed by atoms with E-state index in [0.717, 1.165) is 48.3 Å². The van der Waals surface area contributed by atoms with Crippen LogP contribution in [-0.2, 0) is 28.9 Å². The van der Waals surface area contributed by atoms with E-state index in [1.807, 2.05) is 61.7 Å². The Morgan fingerprint density at radius 1 is 1.22 bits per heavy atom. The largest absolute Gasteiger partial charge is 0.459 e. The van der Waals surface area contributed by atoms with E-state index in [-0.39, 0.29) is 23.7 Å². The van der Waals surface area contributed by atoms with Gasteiger partial charge in [0.1, 0.15) is 5.00 Å². The van der Waals surface area contributed by atoms with Gasteiger partial charge in [0.25, 0.3) is 0 Å². The summed E-state index contributed by atoms with van der Waals surface area (Å²) >= 11 is 2.80. The Kier molecular flexibility index (Phi) is 8.71. The van der Waals surface area contributed by atoms with Gasteiger partial charge in [0, 0.05) is 36.8 Å². The summed E-state index contributed by atoms with van der Waals surface area (Å²) in [5, 5.41) is 12.9. The first-order valence-electron chi connectivity index (χ1n) is 12.4. The van der Waals surface area contributed by atoms with E-state index in [4.69, 9.17) is 4.74 Å². The lowest BCUT2D eigenvalue weighted by Crippen LogP contribution is -2.19. The Labute approximate surface area is 226 Å². The predicted molar refractivity (Wildman–Crippen MR) is 151 cm³/mol. The van der Waals surface area contributed by atoms with E-state index in [9.17, 15) is 9.59 Å². The van der Waals surface area contributed by atoms with Crippen LogP contribution in [0.25, 0.3) is 11.4 Å². The number of ether oxygens (including phenoxy) is 1. The minimum absolute atomic E-state index is 0.135. The number of nitrogens with one attached hydrogen (secondary N) is 1. The van der Waals surface area contributed by atoms with Crippen LogP contribution >= 0.6 is 23.1 Å². The molecule has 0 fully saturated rings. The van der Waals surface area contributed by atoms with Gasteiger partial charge < -0.3 is 15.0 Å². The van der Waals surface area contributed by atoms with Crippen LogP contribution in [0.1, 0.15) is 47.5 Å². The number of carbonyl (C=O) groups is 2. The predicted octanol–water partition coefficient (Wildman–Crippen LogP) is 5.43. The first kappa shape index (κ1) is 26.9. The van der Waals surface area contributed by atoms with Crippen LogP contribution < -0.4 is 10.2 Å². The summed E-state index contributed by atoms with van der Waals surface area (Å²) in [6.07, 6.45) is 5.45. The lowest BCUT2D eigenvalue weighted by molar-refractivity contribution is -0.113. The second-order valence-corrected chi connectivity index (χ2v) is 11.4. The number of amides is 1. The maximum absolute atomic E-state index is 13.0. The smallest absolute Gasteiger partial charge is 0.341 e. The zero-order valence-corrected chi connectivity index (χ0v) is 23.4. The molecule has 1 amide bonds. The minimum atomic E-state index is -0.368. The molecule has 1 aliphatic rings. The minimum Gasteiger partial charge on any atom is -0.459 e. The molecular formula is C27H33N5O3S2. The Bertz CT molecular complexity index is 1280. The van der Waals surface area contributed by atoms with E-state index < -0.39 is 0 Å². The number of rotatable bonds is 10. The summed E-state index contributed by atoms with van der Waals surface area (Å²) in [6, 6.07) is 8.09. The van der Waals surface area contributed by atoms with Crippen LogP contribution in [0.2, 0.25) is 0 Å². The van der Waals surface area contributed by atoms with Crippen molar-refractivity contribution in [3.05, 3.63) is 52.9 Å². The van der Waals surface area contributed by atoms with Crippen molar-refractivity contribution in [3.63, 3.8) is 0 Å². The highest BCUT2D eigenvalue weighted by Crippen LogP contribution is 2.39. The Hall–Kier alpha value is -3.11. The SMILES string of the molecule is C=CCn1c(SCC(=O)Nc2sc3c(c2C(=O)OC(C)C)CCCC3)nnc1-c1ccc(N(C)C)cc1. The maximum atomic E-state index is 13.0. The molecule has 0 saturated heterocycles. The third-order valence-electron chi connectivity index (χ3n) is 5.97. The van der Waals surface area contributed by atoms with Gasteiger partial charge in [-0.25, -0.2) is 4.79 Å². The number of benzene rings is 1. The Morgan fingerprint density at radius 2 is 1.95 bits per heavy atom. The fraction of sp³-hybridized carbons (Fsp3) is 0.407. The number of esters is 1. The topological polar surface area (TPSA) is 89.3 Å². The molecule has 2 heterocycles.